The van der Waals surface area contributed by atoms with Crippen LogP contribution in [-0.2, 0) is 9.53 Å². The van der Waals surface area contributed by atoms with E-state index >= 15 is 0 Å². The highest BCUT2D eigenvalue weighted by molar-refractivity contribution is 7.99. The number of nitrogens with zero attached hydrogens (tertiary/aromatic N) is 3. The second-order valence-corrected chi connectivity index (χ2v) is 10.5. The number of ether oxygens (including phenoxy) is 2. The zero-order chi connectivity index (χ0) is 27.7. The highest BCUT2D eigenvalue weighted by atomic mass is 32.2. The number of methoxy groups -OCH3 is 1. The third kappa shape index (κ3) is 5.38. The van der Waals surface area contributed by atoms with Crippen molar-refractivity contribution < 1.29 is 18.7 Å². The second-order valence-electron chi connectivity index (χ2n) is 8.53. The highest BCUT2D eigenvalue weighted by Crippen LogP contribution is 2.32. The fourth-order valence-corrected chi connectivity index (χ4v) is 6.02. The normalized spacial score (nSPS) is 15.2. The Labute approximate surface area is 230 Å². The maximum Gasteiger partial charge on any atom is 0.338 e. The standard InChI is InChI=1S/C27H24N4O6S2/c1-5-36-25(34)22-15(3)29-27-31(23(22)16-6-8-17(35-4)9-7-16)24(33)19(38-27)13-18-10-11-21(37-18)39-26-28-14(2)12-20(32)30-26/h6-13,23H,5H2,1-4H3,(H,28,30,32)/b19-13+/t23-/m1/s1. The summed E-state index contributed by atoms with van der Waals surface area (Å²) in [6, 6.07) is 11.3. The van der Waals surface area contributed by atoms with Gasteiger partial charge in [0.25, 0.3) is 11.1 Å². The van der Waals surface area contributed by atoms with Gasteiger partial charge >= 0.3 is 5.97 Å². The van der Waals surface area contributed by atoms with E-state index in [1.165, 1.54) is 33.7 Å². The number of esters is 1. The van der Waals surface area contributed by atoms with Crippen LogP contribution in [0.25, 0.3) is 6.08 Å². The van der Waals surface area contributed by atoms with Gasteiger partial charge in [-0.1, -0.05) is 23.5 Å². The minimum absolute atomic E-state index is 0.195. The van der Waals surface area contributed by atoms with Gasteiger partial charge in [0.05, 0.1) is 35.6 Å². The third-order valence-electron chi connectivity index (χ3n) is 5.87. The van der Waals surface area contributed by atoms with E-state index in [1.807, 2.05) is 12.1 Å². The molecule has 0 unspecified atom stereocenters. The Morgan fingerprint density at radius 2 is 1.97 bits per heavy atom. The number of aromatic nitrogens is 3. The molecule has 3 aromatic heterocycles. The molecule has 1 aliphatic rings. The number of nitrogens with one attached hydrogen (secondary N) is 1. The number of rotatable bonds is 7. The molecule has 0 saturated heterocycles. The molecule has 1 N–H and O–H groups in total. The molecular weight excluding hydrogens is 540 g/mol. The number of carbonyl (C=O) groups is 1. The van der Waals surface area contributed by atoms with Crippen LogP contribution < -0.4 is 25.2 Å². The molecule has 5 rings (SSSR count). The van der Waals surface area contributed by atoms with Gasteiger partial charge in [-0.15, -0.1) is 0 Å². The lowest BCUT2D eigenvalue weighted by Crippen LogP contribution is -2.39. The van der Waals surface area contributed by atoms with E-state index in [9.17, 15) is 14.4 Å². The minimum atomic E-state index is -0.722. The van der Waals surface area contributed by atoms with E-state index in [4.69, 9.17) is 13.9 Å². The Kier molecular flexibility index (Phi) is 7.40. The minimum Gasteiger partial charge on any atom is -0.497 e. The summed E-state index contributed by atoms with van der Waals surface area (Å²) in [7, 11) is 1.57. The van der Waals surface area contributed by atoms with Crippen LogP contribution in [0.3, 0.4) is 0 Å². The molecule has 0 amide bonds. The third-order valence-corrected chi connectivity index (χ3v) is 7.66. The molecule has 39 heavy (non-hydrogen) atoms. The lowest BCUT2D eigenvalue weighted by Gasteiger charge is -2.24. The average molecular weight is 565 g/mol. The second kappa shape index (κ2) is 10.9. The lowest BCUT2D eigenvalue weighted by molar-refractivity contribution is -0.139. The number of furan rings is 1. The molecule has 1 atom stereocenters. The van der Waals surface area contributed by atoms with Crippen LogP contribution in [0.5, 0.6) is 5.75 Å². The van der Waals surface area contributed by atoms with Crippen LogP contribution in [-0.4, -0.2) is 34.2 Å². The van der Waals surface area contributed by atoms with E-state index in [-0.39, 0.29) is 17.7 Å². The van der Waals surface area contributed by atoms with Crippen molar-refractivity contribution in [2.24, 2.45) is 4.99 Å². The van der Waals surface area contributed by atoms with Crippen molar-refractivity contribution in [2.75, 3.05) is 13.7 Å². The first-order chi connectivity index (χ1) is 18.8. The molecule has 4 aromatic rings. The lowest BCUT2D eigenvalue weighted by atomic mass is 9.96. The summed E-state index contributed by atoms with van der Waals surface area (Å²) in [6.45, 7) is 5.40. The summed E-state index contributed by atoms with van der Waals surface area (Å²) in [5.41, 5.74) is 1.54. The number of allylic oxidation sites excluding steroid dienone is 1. The number of hydrogen-bond acceptors (Lipinski definition) is 10. The van der Waals surface area contributed by atoms with E-state index in [0.717, 1.165) is 5.56 Å². The predicted molar refractivity (Wildman–Crippen MR) is 146 cm³/mol. The summed E-state index contributed by atoms with van der Waals surface area (Å²) in [4.78, 5) is 50.5. The van der Waals surface area contributed by atoms with Gasteiger partial charge in [0.15, 0.2) is 15.1 Å². The summed E-state index contributed by atoms with van der Waals surface area (Å²) in [6.07, 6.45) is 1.63. The molecule has 0 saturated carbocycles. The van der Waals surface area contributed by atoms with Crippen molar-refractivity contribution >= 4 is 35.1 Å². The molecule has 12 heteroatoms. The van der Waals surface area contributed by atoms with Crippen molar-refractivity contribution in [3.63, 3.8) is 0 Å². The van der Waals surface area contributed by atoms with Gasteiger partial charge in [-0.3, -0.25) is 14.2 Å². The predicted octanol–water partition coefficient (Wildman–Crippen LogP) is 2.94. The Balaban J connectivity index is 1.57. The molecule has 0 bridgehead atoms. The molecular formula is C27H24N4O6S2. The monoisotopic (exact) mass is 564 g/mol. The van der Waals surface area contributed by atoms with Gasteiger partial charge in [0.2, 0.25) is 0 Å². The van der Waals surface area contributed by atoms with Crippen LogP contribution in [0.2, 0.25) is 0 Å². The Bertz CT molecular complexity index is 1830. The van der Waals surface area contributed by atoms with Crippen LogP contribution in [0.1, 0.15) is 36.9 Å². The van der Waals surface area contributed by atoms with E-state index in [1.54, 1.807) is 58.2 Å². The van der Waals surface area contributed by atoms with Crippen LogP contribution in [0.4, 0.5) is 0 Å². The van der Waals surface area contributed by atoms with Crippen LogP contribution in [0, 0.1) is 6.92 Å². The highest BCUT2D eigenvalue weighted by Gasteiger charge is 2.33. The van der Waals surface area contributed by atoms with Crippen molar-refractivity contribution in [3.8, 4) is 5.75 Å². The first-order valence-electron chi connectivity index (χ1n) is 12.0. The van der Waals surface area contributed by atoms with Crippen LogP contribution >= 0.6 is 23.1 Å². The number of H-pyrrole nitrogens is 1. The van der Waals surface area contributed by atoms with Gasteiger partial charge in [0.1, 0.15) is 11.5 Å². The topological polar surface area (TPSA) is 129 Å². The smallest absolute Gasteiger partial charge is 0.338 e. The Hall–Kier alpha value is -4.16. The number of fused-ring (bicyclic) bond motifs is 1. The van der Waals surface area contributed by atoms with E-state index in [0.29, 0.717) is 48.1 Å². The van der Waals surface area contributed by atoms with Crippen molar-refractivity contribution in [1.82, 2.24) is 14.5 Å². The molecule has 10 nitrogen and oxygen atoms in total. The van der Waals surface area contributed by atoms with Gasteiger partial charge < -0.3 is 18.9 Å². The quantitative estimate of drug-likeness (QED) is 0.268. The maximum atomic E-state index is 13.7. The van der Waals surface area contributed by atoms with E-state index in [2.05, 4.69) is 15.0 Å². The van der Waals surface area contributed by atoms with Gasteiger partial charge in [-0.25, -0.2) is 14.8 Å². The number of carbonyl (C=O) groups excluding carboxylic acids is 1. The van der Waals surface area contributed by atoms with E-state index < -0.39 is 12.0 Å². The summed E-state index contributed by atoms with van der Waals surface area (Å²) >= 11 is 2.37. The fraction of sp³-hybridized carbons (Fsp3) is 0.222. The molecule has 0 spiro atoms. The molecule has 0 radical (unpaired) electrons. The first-order valence-corrected chi connectivity index (χ1v) is 13.6. The molecule has 200 valence electrons. The fourth-order valence-electron chi connectivity index (χ4n) is 4.18. The SMILES string of the molecule is CCOC(=O)C1=C(C)N=c2s/c(=C/c3ccc(Sc4nc(C)cc(=O)[nH]4)o3)c(=O)n2[C@@H]1c1ccc(OC)cc1. The molecule has 1 aliphatic heterocycles. The van der Waals surface area contributed by atoms with Gasteiger partial charge in [-0.2, -0.15) is 0 Å². The van der Waals surface area contributed by atoms with Gasteiger partial charge in [0, 0.05) is 17.8 Å². The zero-order valence-electron chi connectivity index (χ0n) is 21.5. The van der Waals surface area contributed by atoms with Crippen LogP contribution in [0.15, 0.2) is 83.0 Å². The first kappa shape index (κ1) is 26.4. The number of thiazole rings is 1. The van der Waals surface area contributed by atoms with Crippen molar-refractivity contribution in [2.45, 2.75) is 37.1 Å². The zero-order valence-corrected chi connectivity index (χ0v) is 23.1. The number of aromatic amines is 1. The molecule has 4 heterocycles. The molecule has 0 aliphatic carbocycles. The van der Waals surface area contributed by atoms with Crippen molar-refractivity contribution in [1.29, 1.82) is 0 Å². The maximum absolute atomic E-state index is 13.7. The summed E-state index contributed by atoms with van der Waals surface area (Å²) in [5, 5.41) is 0.904. The molecule has 1 aromatic carbocycles. The average Bonchev–Trinajstić information content (AvgIpc) is 3.46. The number of aryl methyl sites for hydroxylation is 1. The van der Waals surface area contributed by atoms with Gasteiger partial charge in [-0.05, 0) is 62.4 Å². The Morgan fingerprint density at radius 3 is 2.67 bits per heavy atom. The largest absolute Gasteiger partial charge is 0.497 e. The van der Waals surface area contributed by atoms with Crippen molar-refractivity contribution in [3.05, 3.63) is 101 Å². The molecule has 0 fully saturated rings. The summed E-state index contributed by atoms with van der Waals surface area (Å²) in [5.74, 6) is 0.574. The summed E-state index contributed by atoms with van der Waals surface area (Å²) < 4.78 is 18.4. The Morgan fingerprint density at radius 1 is 1.21 bits per heavy atom. The number of hydrogen-bond donors (Lipinski definition) is 1. The number of benzene rings is 1.